The van der Waals surface area contributed by atoms with Gasteiger partial charge in [0.05, 0.1) is 45.5 Å². The van der Waals surface area contributed by atoms with E-state index in [4.69, 9.17) is 19.5 Å². The van der Waals surface area contributed by atoms with Crippen LogP contribution in [0.5, 0.6) is 0 Å². The highest BCUT2D eigenvalue weighted by molar-refractivity contribution is 5.80. The third-order valence-corrected chi connectivity index (χ3v) is 2.88. The Hall–Kier alpha value is -1.74. The Balaban J connectivity index is 1.80. The van der Waals surface area contributed by atoms with Gasteiger partial charge in [-0.15, -0.1) is 0 Å². The number of ether oxygens (including phenoxy) is 3. The molecule has 0 saturated carbocycles. The first kappa shape index (κ1) is 18.3. The highest BCUT2D eigenvalue weighted by Crippen LogP contribution is 2.00. The minimum Gasteiger partial charge on any atom is -0.379 e. The quantitative estimate of drug-likeness (QED) is 0.524. The number of carbonyl (C=O) groups is 1. The van der Waals surface area contributed by atoms with Crippen molar-refractivity contribution in [3.63, 3.8) is 0 Å². The third-order valence-electron chi connectivity index (χ3n) is 2.88. The molecule has 0 aromatic heterocycles. The molecule has 1 rings (SSSR count). The largest absolute Gasteiger partial charge is 0.379 e. The summed E-state index contributed by atoms with van der Waals surface area (Å²) in [5.41, 5.74) is 1.15. The maximum absolute atomic E-state index is 11.1. The van der Waals surface area contributed by atoms with Gasteiger partial charge in [0.25, 0.3) is 0 Å². The molecule has 0 amide bonds. The zero-order chi connectivity index (χ0) is 15.9. The normalized spacial score (nSPS) is 10.3. The second-order valence-corrected chi connectivity index (χ2v) is 4.74. The van der Waals surface area contributed by atoms with E-state index in [1.165, 1.54) is 0 Å². The van der Waals surface area contributed by atoms with Crippen LogP contribution in [0.15, 0.2) is 30.3 Å². The van der Waals surface area contributed by atoms with Crippen molar-refractivity contribution in [2.75, 3.05) is 33.0 Å². The third kappa shape index (κ3) is 10.1. The van der Waals surface area contributed by atoms with Gasteiger partial charge in [0, 0.05) is 13.0 Å². The average molecular weight is 305 g/mol. The zero-order valence-electron chi connectivity index (χ0n) is 12.8. The summed E-state index contributed by atoms with van der Waals surface area (Å²) >= 11 is 0. The van der Waals surface area contributed by atoms with Gasteiger partial charge in [-0.1, -0.05) is 30.3 Å². The molecule has 0 unspecified atom stereocenters. The Kier molecular flexibility index (Phi) is 10.8. The van der Waals surface area contributed by atoms with Gasteiger partial charge < -0.3 is 14.2 Å². The number of hydrogen-bond donors (Lipinski definition) is 0. The predicted octanol–water partition coefficient (Wildman–Crippen LogP) is 2.50. The van der Waals surface area contributed by atoms with Crippen molar-refractivity contribution in [3.8, 4) is 6.07 Å². The Labute approximate surface area is 131 Å². The van der Waals surface area contributed by atoms with Crippen LogP contribution in [0.2, 0.25) is 0 Å². The van der Waals surface area contributed by atoms with E-state index < -0.39 is 0 Å². The van der Waals surface area contributed by atoms with Crippen LogP contribution in [0.3, 0.4) is 0 Å². The standard InChI is InChI=1S/C17H23NO4/c18-9-8-17(19)7-4-10-20-11-12-21-13-14-22-15-16-5-2-1-3-6-16/h1-3,5-6H,4,7-8,10-15H2. The summed E-state index contributed by atoms with van der Waals surface area (Å²) in [4.78, 5) is 11.1. The molecular weight excluding hydrogens is 282 g/mol. The van der Waals surface area contributed by atoms with Crippen molar-refractivity contribution >= 4 is 5.78 Å². The van der Waals surface area contributed by atoms with Crippen LogP contribution in [0, 0.1) is 11.3 Å². The number of hydrogen-bond acceptors (Lipinski definition) is 5. The zero-order valence-corrected chi connectivity index (χ0v) is 12.8. The Morgan fingerprint density at radius 1 is 0.955 bits per heavy atom. The van der Waals surface area contributed by atoms with Crippen molar-refractivity contribution in [1.82, 2.24) is 0 Å². The van der Waals surface area contributed by atoms with E-state index in [1.54, 1.807) is 0 Å². The minimum absolute atomic E-state index is 0.00784. The van der Waals surface area contributed by atoms with Crippen LogP contribution in [0.1, 0.15) is 24.8 Å². The van der Waals surface area contributed by atoms with Crippen molar-refractivity contribution in [1.29, 1.82) is 5.26 Å². The number of ketones is 1. The smallest absolute Gasteiger partial charge is 0.147 e. The lowest BCUT2D eigenvalue weighted by Gasteiger charge is -2.06. The molecule has 0 saturated heterocycles. The number of rotatable bonds is 13. The van der Waals surface area contributed by atoms with Crippen LogP contribution in [-0.4, -0.2) is 38.8 Å². The van der Waals surface area contributed by atoms with Gasteiger partial charge in [-0.25, -0.2) is 0 Å². The van der Waals surface area contributed by atoms with Crippen LogP contribution >= 0.6 is 0 Å². The number of carbonyl (C=O) groups excluding carboxylic acids is 1. The molecule has 0 spiro atoms. The van der Waals surface area contributed by atoms with Gasteiger partial charge in [0.1, 0.15) is 5.78 Å². The topological polar surface area (TPSA) is 68.6 Å². The van der Waals surface area contributed by atoms with Gasteiger partial charge in [0.2, 0.25) is 0 Å². The lowest BCUT2D eigenvalue weighted by Crippen LogP contribution is -2.10. The molecule has 0 atom stereocenters. The second kappa shape index (κ2) is 13.0. The SMILES string of the molecule is N#CCC(=O)CCCOCCOCCOCc1ccccc1. The Morgan fingerprint density at radius 3 is 2.27 bits per heavy atom. The molecule has 5 heteroatoms. The molecule has 0 heterocycles. The van der Waals surface area contributed by atoms with Crippen LogP contribution < -0.4 is 0 Å². The van der Waals surface area contributed by atoms with E-state index in [2.05, 4.69) is 0 Å². The lowest BCUT2D eigenvalue weighted by molar-refractivity contribution is -0.118. The highest BCUT2D eigenvalue weighted by Gasteiger charge is 2.00. The van der Waals surface area contributed by atoms with Gasteiger partial charge in [-0.05, 0) is 12.0 Å². The summed E-state index contributed by atoms with van der Waals surface area (Å²) in [7, 11) is 0. The fourth-order valence-corrected chi connectivity index (χ4v) is 1.75. The summed E-state index contributed by atoms with van der Waals surface area (Å²) in [6, 6.07) is 11.8. The van der Waals surface area contributed by atoms with Crippen molar-refractivity contribution in [2.45, 2.75) is 25.9 Å². The number of benzene rings is 1. The Bertz CT molecular complexity index is 442. The molecule has 0 aliphatic rings. The molecule has 0 N–H and O–H groups in total. The van der Waals surface area contributed by atoms with Crippen molar-refractivity contribution in [3.05, 3.63) is 35.9 Å². The van der Waals surface area contributed by atoms with Gasteiger partial charge in [0.15, 0.2) is 0 Å². The molecule has 5 nitrogen and oxygen atoms in total. The number of nitrogens with zero attached hydrogens (tertiary/aromatic N) is 1. The highest BCUT2D eigenvalue weighted by atomic mass is 16.5. The fourth-order valence-electron chi connectivity index (χ4n) is 1.75. The van der Waals surface area contributed by atoms with Gasteiger partial charge in [-0.3, -0.25) is 4.79 Å². The summed E-state index contributed by atoms with van der Waals surface area (Å²) in [5, 5.41) is 8.33. The molecule has 0 radical (unpaired) electrons. The molecule has 1 aromatic carbocycles. The van der Waals surface area contributed by atoms with E-state index in [0.29, 0.717) is 52.5 Å². The van der Waals surface area contributed by atoms with E-state index in [9.17, 15) is 4.79 Å². The first-order valence-electron chi connectivity index (χ1n) is 7.48. The molecule has 22 heavy (non-hydrogen) atoms. The minimum atomic E-state index is -0.0297. The van der Waals surface area contributed by atoms with E-state index in [0.717, 1.165) is 5.56 Å². The van der Waals surface area contributed by atoms with Crippen LogP contribution in [0.25, 0.3) is 0 Å². The molecule has 0 aliphatic heterocycles. The first-order chi connectivity index (χ1) is 10.8. The molecule has 0 bridgehead atoms. The number of Topliss-reactive ketones (excluding diaryl/α,β-unsaturated/α-hetero) is 1. The molecular formula is C17H23NO4. The molecule has 0 fully saturated rings. The number of nitriles is 1. The summed E-state index contributed by atoms with van der Waals surface area (Å²) < 4.78 is 16.2. The van der Waals surface area contributed by atoms with Crippen molar-refractivity contribution < 1.29 is 19.0 Å². The van der Waals surface area contributed by atoms with Gasteiger partial charge >= 0.3 is 0 Å². The van der Waals surface area contributed by atoms with Crippen LogP contribution in [-0.2, 0) is 25.6 Å². The second-order valence-electron chi connectivity index (χ2n) is 4.74. The maximum Gasteiger partial charge on any atom is 0.147 e. The Morgan fingerprint density at radius 2 is 1.59 bits per heavy atom. The van der Waals surface area contributed by atoms with Gasteiger partial charge in [-0.2, -0.15) is 5.26 Å². The predicted molar refractivity (Wildman–Crippen MR) is 82.2 cm³/mol. The molecule has 1 aromatic rings. The lowest BCUT2D eigenvalue weighted by atomic mass is 10.2. The van der Waals surface area contributed by atoms with E-state index >= 15 is 0 Å². The van der Waals surface area contributed by atoms with Crippen LogP contribution in [0.4, 0.5) is 0 Å². The van der Waals surface area contributed by atoms with Crippen molar-refractivity contribution in [2.24, 2.45) is 0 Å². The summed E-state index contributed by atoms with van der Waals surface area (Å²) in [6.45, 7) is 3.23. The van der Waals surface area contributed by atoms with E-state index in [-0.39, 0.29) is 12.2 Å². The average Bonchev–Trinajstić information content (AvgIpc) is 2.54. The summed E-state index contributed by atoms with van der Waals surface area (Å²) in [6.07, 6.45) is 1.05. The molecule has 0 aliphatic carbocycles. The maximum atomic E-state index is 11.1. The molecule has 120 valence electrons. The first-order valence-corrected chi connectivity index (χ1v) is 7.48. The monoisotopic (exact) mass is 305 g/mol. The van der Waals surface area contributed by atoms with E-state index in [1.807, 2.05) is 36.4 Å². The fraction of sp³-hybridized carbons (Fsp3) is 0.529. The summed E-state index contributed by atoms with van der Waals surface area (Å²) in [5.74, 6) is -0.0297.